The van der Waals surface area contributed by atoms with Gasteiger partial charge >= 0.3 is 0 Å². The fraction of sp³-hybridized carbons (Fsp3) is 0.278. The lowest BCUT2D eigenvalue weighted by Gasteiger charge is -2.10. The molecule has 0 bridgehead atoms. The maximum Gasteiger partial charge on any atom is 0.251 e. The maximum atomic E-state index is 13.1. The number of hydrogen-bond acceptors (Lipinski definition) is 3. The average molecular weight is 364 g/mol. The second kappa shape index (κ2) is 8.22. The van der Waals surface area contributed by atoms with Gasteiger partial charge < -0.3 is 5.32 Å². The Morgan fingerprint density at radius 2 is 1.72 bits per heavy atom. The Morgan fingerprint density at radius 3 is 2.32 bits per heavy atom. The number of sulfonamides is 1. The highest BCUT2D eigenvalue weighted by molar-refractivity contribution is 7.88. The van der Waals surface area contributed by atoms with Gasteiger partial charge in [-0.1, -0.05) is 30.3 Å². The van der Waals surface area contributed by atoms with Gasteiger partial charge in [-0.25, -0.2) is 17.5 Å². The fourth-order valence-corrected chi connectivity index (χ4v) is 3.72. The van der Waals surface area contributed by atoms with Crippen LogP contribution in [0.3, 0.4) is 0 Å². The third-order valence-corrected chi connectivity index (χ3v) is 4.88. The highest BCUT2D eigenvalue weighted by Crippen LogP contribution is 2.09. The second-order valence-corrected chi connectivity index (χ2v) is 7.80. The van der Waals surface area contributed by atoms with E-state index in [1.807, 2.05) is 0 Å². The first-order valence-corrected chi connectivity index (χ1v) is 9.52. The zero-order chi connectivity index (χ0) is 18.4. The van der Waals surface area contributed by atoms with Gasteiger partial charge in [0.25, 0.3) is 5.91 Å². The van der Waals surface area contributed by atoms with Crippen molar-refractivity contribution < 1.29 is 17.6 Å². The van der Waals surface area contributed by atoms with E-state index < -0.39 is 15.8 Å². The van der Waals surface area contributed by atoms with Crippen LogP contribution < -0.4 is 10.0 Å². The van der Waals surface area contributed by atoms with E-state index in [0.717, 1.165) is 5.56 Å². The predicted octanol–water partition coefficient (Wildman–Crippen LogP) is 2.58. The van der Waals surface area contributed by atoms with Crippen molar-refractivity contribution >= 4 is 15.9 Å². The molecule has 2 aromatic rings. The Kier molecular flexibility index (Phi) is 6.27. The lowest BCUT2D eigenvalue weighted by atomic mass is 10.1. The Labute approximate surface area is 147 Å². The lowest BCUT2D eigenvalue weighted by Crippen LogP contribution is -2.31. The summed E-state index contributed by atoms with van der Waals surface area (Å²) in [4.78, 5) is 12.0. The molecule has 0 saturated carbocycles. The minimum atomic E-state index is -3.37. The van der Waals surface area contributed by atoms with E-state index >= 15 is 0 Å². The first-order valence-electron chi connectivity index (χ1n) is 7.87. The van der Waals surface area contributed by atoms with E-state index in [-0.39, 0.29) is 29.8 Å². The van der Waals surface area contributed by atoms with Crippen molar-refractivity contribution in [1.29, 1.82) is 0 Å². The number of hydrogen-bond donors (Lipinski definition) is 2. The van der Waals surface area contributed by atoms with Crippen LogP contribution in [0.2, 0.25) is 0 Å². The van der Waals surface area contributed by atoms with Crippen LogP contribution in [0.1, 0.15) is 35.3 Å². The van der Waals surface area contributed by atoms with Crippen molar-refractivity contribution in [2.24, 2.45) is 0 Å². The van der Waals surface area contributed by atoms with Crippen molar-refractivity contribution in [3.8, 4) is 0 Å². The van der Waals surface area contributed by atoms with Gasteiger partial charge in [0.05, 0.1) is 5.75 Å². The highest BCUT2D eigenvalue weighted by atomic mass is 32.2. The van der Waals surface area contributed by atoms with Gasteiger partial charge in [0, 0.05) is 18.2 Å². The fourth-order valence-electron chi connectivity index (χ4n) is 2.29. The molecule has 0 heterocycles. The molecule has 5 nitrogen and oxygen atoms in total. The highest BCUT2D eigenvalue weighted by Gasteiger charge is 2.13. The molecule has 0 aliphatic carbocycles. The summed E-state index contributed by atoms with van der Waals surface area (Å²) in [5.74, 6) is -0.929. The van der Waals surface area contributed by atoms with Crippen molar-refractivity contribution in [2.45, 2.75) is 32.2 Å². The van der Waals surface area contributed by atoms with Gasteiger partial charge in [-0.05, 0) is 43.2 Å². The van der Waals surface area contributed by atoms with E-state index in [0.29, 0.717) is 5.56 Å². The van der Waals surface area contributed by atoms with Gasteiger partial charge in [0.1, 0.15) is 5.82 Å². The Balaban J connectivity index is 1.93. The SMILES string of the molecule is CC(C)NS(=O)(=O)Cc1ccc(CNC(=O)c2cccc(F)c2)cc1. The summed E-state index contributed by atoms with van der Waals surface area (Å²) in [6, 6.07) is 12.2. The van der Waals surface area contributed by atoms with E-state index in [1.165, 1.54) is 24.3 Å². The molecule has 0 atom stereocenters. The molecule has 1 amide bonds. The van der Waals surface area contributed by atoms with E-state index in [1.54, 1.807) is 38.1 Å². The van der Waals surface area contributed by atoms with Crippen LogP contribution in [-0.4, -0.2) is 20.4 Å². The predicted molar refractivity (Wildman–Crippen MR) is 94.9 cm³/mol. The summed E-state index contributed by atoms with van der Waals surface area (Å²) in [6.45, 7) is 3.80. The molecule has 0 aliphatic heterocycles. The number of carbonyl (C=O) groups excluding carboxylic acids is 1. The molecular formula is C18H21FN2O3S. The van der Waals surface area contributed by atoms with Crippen LogP contribution in [0.15, 0.2) is 48.5 Å². The molecule has 0 unspecified atom stereocenters. The molecular weight excluding hydrogens is 343 g/mol. The monoisotopic (exact) mass is 364 g/mol. The van der Waals surface area contributed by atoms with Crippen molar-refractivity contribution in [1.82, 2.24) is 10.0 Å². The largest absolute Gasteiger partial charge is 0.348 e. The Bertz CT molecular complexity index is 834. The lowest BCUT2D eigenvalue weighted by molar-refractivity contribution is 0.0950. The van der Waals surface area contributed by atoms with Crippen LogP contribution in [0.25, 0.3) is 0 Å². The molecule has 2 N–H and O–H groups in total. The smallest absolute Gasteiger partial charge is 0.251 e. The number of amides is 1. The first kappa shape index (κ1) is 19.1. The summed E-state index contributed by atoms with van der Waals surface area (Å²) < 4.78 is 39.4. The zero-order valence-electron chi connectivity index (χ0n) is 14.1. The van der Waals surface area contributed by atoms with Gasteiger partial charge in [-0.15, -0.1) is 0 Å². The first-order chi connectivity index (χ1) is 11.7. The molecule has 0 saturated heterocycles. The molecule has 25 heavy (non-hydrogen) atoms. The molecule has 0 fully saturated rings. The Hall–Kier alpha value is -2.25. The number of rotatable bonds is 7. The number of halogens is 1. The minimum Gasteiger partial charge on any atom is -0.348 e. The third-order valence-electron chi connectivity index (χ3n) is 3.33. The van der Waals surface area contributed by atoms with Crippen LogP contribution in [-0.2, 0) is 22.3 Å². The quantitative estimate of drug-likeness (QED) is 0.793. The molecule has 2 rings (SSSR count). The number of nitrogens with one attached hydrogen (secondary N) is 2. The third kappa shape index (κ3) is 6.28. The van der Waals surface area contributed by atoms with Crippen molar-refractivity contribution in [2.75, 3.05) is 0 Å². The molecule has 0 spiro atoms. The molecule has 134 valence electrons. The van der Waals surface area contributed by atoms with E-state index in [2.05, 4.69) is 10.0 Å². The van der Waals surface area contributed by atoms with Crippen LogP contribution in [0.5, 0.6) is 0 Å². The van der Waals surface area contributed by atoms with Gasteiger partial charge in [0.15, 0.2) is 0 Å². The minimum absolute atomic E-state index is 0.0961. The van der Waals surface area contributed by atoms with Crippen LogP contribution in [0.4, 0.5) is 4.39 Å². The summed E-state index contributed by atoms with van der Waals surface area (Å²) in [7, 11) is -3.37. The molecule has 0 aromatic heterocycles. The summed E-state index contributed by atoms with van der Waals surface area (Å²) in [5, 5.41) is 2.70. The second-order valence-electron chi connectivity index (χ2n) is 6.04. The van der Waals surface area contributed by atoms with Crippen molar-refractivity contribution in [3.63, 3.8) is 0 Å². The van der Waals surface area contributed by atoms with Crippen molar-refractivity contribution in [3.05, 3.63) is 71.0 Å². The topological polar surface area (TPSA) is 75.3 Å². The van der Waals surface area contributed by atoms with Gasteiger partial charge in [-0.3, -0.25) is 4.79 Å². The van der Waals surface area contributed by atoms with Crippen LogP contribution in [0, 0.1) is 5.82 Å². The van der Waals surface area contributed by atoms with Gasteiger partial charge in [-0.2, -0.15) is 0 Å². The summed E-state index contributed by atoms with van der Waals surface area (Å²) >= 11 is 0. The van der Waals surface area contributed by atoms with E-state index in [4.69, 9.17) is 0 Å². The standard InChI is InChI=1S/C18H21FN2O3S/c1-13(2)21-25(23,24)12-15-8-6-14(7-9-15)11-20-18(22)16-4-3-5-17(19)10-16/h3-10,13,21H,11-12H2,1-2H3,(H,20,22). The number of benzene rings is 2. The van der Waals surface area contributed by atoms with E-state index in [9.17, 15) is 17.6 Å². The zero-order valence-corrected chi connectivity index (χ0v) is 14.9. The van der Waals surface area contributed by atoms with Crippen LogP contribution >= 0.6 is 0 Å². The molecule has 0 aliphatic rings. The molecule has 0 radical (unpaired) electrons. The maximum absolute atomic E-state index is 13.1. The number of carbonyl (C=O) groups is 1. The van der Waals surface area contributed by atoms with Gasteiger partial charge in [0.2, 0.25) is 10.0 Å². The Morgan fingerprint density at radius 1 is 1.08 bits per heavy atom. The normalized spacial score (nSPS) is 11.5. The average Bonchev–Trinajstić information content (AvgIpc) is 2.52. The molecule has 7 heteroatoms. The summed E-state index contributed by atoms with van der Waals surface area (Å²) in [5.41, 5.74) is 1.73. The summed E-state index contributed by atoms with van der Waals surface area (Å²) in [6.07, 6.45) is 0. The molecule has 2 aromatic carbocycles.